The molecular weight excluding hydrogens is 216 g/mol. The second-order valence-electron chi connectivity index (χ2n) is 4.45. The molecule has 0 bridgehead atoms. The number of nitrogens with one attached hydrogen (secondary N) is 1. The minimum Gasteiger partial charge on any atom is -0.370 e. The Balaban J connectivity index is 1.96. The molecular formula is C13H18N2S. The molecule has 0 aliphatic heterocycles. The Morgan fingerprint density at radius 1 is 1.38 bits per heavy atom. The van der Waals surface area contributed by atoms with E-state index in [2.05, 4.69) is 41.7 Å². The lowest BCUT2D eigenvalue weighted by Gasteiger charge is -2.07. The van der Waals surface area contributed by atoms with Crippen LogP contribution < -0.4 is 5.32 Å². The molecule has 2 heterocycles. The normalized spacial score (nSPS) is 11.2. The monoisotopic (exact) mass is 234 g/mol. The quantitative estimate of drug-likeness (QED) is 0.786. The number of hydrogen-bond acceptors (Lipinski definition) is 3. The third-order valence-electron chi connectivity index (χ3n) is 2.63. The summed E-state index contributed by atoms with van der Waals surface area (Å²) < 4.78 is 1.31. The molecule has 0 atom stereocenters. The van der Waals surface area contributed by atoms with Gasteiger partial charge in [-0.25, -0.2) is 4.98 Å². The van der Waals surface area contributed by atoms with Gasteiger partial charge in [0.05, 0.1) is 0 Å². The lowest BCUT2D eigenvalue weighted by Crippen LogP contribution is -2.04. The van der Waals surface area contributed by atoms with Crippen LogP contribution >= 0.6 is 11.3 Å². The molecule has 0 fully saturated rings. The molecule has 0 saturated heterocycles. The Labute approximate surface area is 101 Å². The molecule has 0 aliphatic carbocycles. The molecule has 0 unspecified atom stereocenters. The predicted molar refractivity (Wildman–Crippen MR) is 72.2 cm³/mol. The fourth-order valence-corrected chi connectivity index (χ4v) is 2.53. The Morgan fingerprint density at radius 2 is 2.25 bits per heavy atom. The van der Waals surface area contributed by atoms with Crippen LogP contribution in [0.5, 0.6) is 0 Å². The highest BCUT2D eigenvalue weighted by atomic mass is 32.1. The summed E-state index contributed by atoms with van der Waals surface area (Å²) in [5.74, 6) is 1.81. The number of thiophene rings is 1. The second kappa shape index (κ2) is 5.30. The molecule has 0 radical (unpaired) electrons. The van der Waals surface area contributed by atoms with E-state index < -0.39 is 0 Å². The van der Waals surface area contributed by atoms with E-state index in [0.717, 1.165) is 18.3 Å². The third-order valence-corrected chi connectivity index (χ3v) is 3.51. The predicted octanol–water partition coefficient (Wildman–Crippen LogP) is 4.14. The van der Waals surface area contributed by atoms with Crippen LogP contribution in [0.15, 0.2) is 23.7 Å². The van der Waals surface area contributed by atoms with Gasteiger partial charge in [-0.2, -0.15) is 0 Å². The van der Waals surface area contributed by atoms with Gasteiger partial charge in [0.1, 0.15) is 5.82 Å². The first kappa shape index (κ1) is 11.4. The van der Waals surface area contributed by atoms with E-state index >= 15 is 0 Å². The summed E-state index contributed by atoms with van der Waals surface area (Å²) >= 11 is 1.77. The summed E-state index contributed by atoms with van der Waals surface area (Å²) in [6, 6.07) is 4.21. The molecule has 2 rings (SSSR count). The molecule has 0 aliphatic rings. The molecule has 86 valence electrons. The zero-order valence-corrected chi connectivity index (χ0v) is 10.7. The van der Waals surface area contributed by atoms with E-state index in [1.165, 1.54) is 22.9 Å². The molecule has 3 heteroatoms. The zero-order valence-electron chi connectivity index (χ0n) is 9.86. The lowest BCUT2D eigenvalue weighted by molar-refractivity contribution is 0.567. The van der Waals surface area contributed by atoms with Gasteiger partial charge in [0.25, 0.3) is 0 Å². The van der Waals surface area contributed by atoms with Gasteiger partial charge >= 0.3 is 0 Å². The number of pyridine rings is 1. The largest absolute Gasteiger partial charge is 0.370 e. The van der Waals surface area contributed by atoms with Crippen molar-refractivity contribution in [3.8, 4) is 0 Å². The topological polar surface area (TPSA) is 24.9 Å². The Kier molecular flexibility index (Phi) is 3.78. The number of hydrogen-bond donors (Lipinski definition) is 1. The summed E-state index contributed by atoms with van der Waals surface area (Å²) in [6.07, 6.45) is 4.36. The van der Waals surface area contributed by atoms with Crippen molar-refractivity contribution in [3.63, 3.8) is 0 Å². The minimum atomic E-state index is 0.784. The average Bonchev–Trinajstić information content (AvgIpc) is 2.72. The second-order valence-corrected chi connectivity index (χ2v) is 5.40. The van der Waals surface area contributed by atoms with Crippen molar-refractivity contribution in [3.05, 3.63) is 23.7 Å². The maximum Gasteiger partial charge on any atom is 0.134 e. The van der Waals surface area contributed by atoms with E-state index in [0.29, 0.717) is 0 Å². The molecule has 1 N–H and O–H groups in total. The van der Waals surface area contributed by atoms with E-state index in [4.69, 9.17) is 0 Å². The molecule has 0 spiro atoms. The van der Waals surface area contributed by atoms with Gasteiger partial charge in [-0.3, -0.25) is 0 Å². The van der Waals surface area contributed by atoms with Crippen molar-refractivity contribution < 1.29 is 0 Å². The van der Waals surface area contributed by atoms with Crippen LogP contribution in [-0.2, 0) is 0 Å². The fraction of sp³-hybridized carbons (Fsp3) is 0.462. The number of aromatic nitrogens is 1. The van der Waals surface area contributed by atoms with Crippen LogP contribution in [-0.4, -0.2) is 11.5 Å². The number of anilines is 1. The molecule has 0 aromatic carbocycles. The Morgan fingerprint density at radius 3 is 3.06 bits per heavy atom. The maximum absolute atomic E-state index is 4.39. The third kappa shape index (κ3) is 2.73. The van der Waals surface area contributed by atoms with Gasteiger partial charge in [-0.1, -0.05) is 13.8 Å². The molecule has 16 heavy (non-hydrogen) atoms. The standard InChI is InChI=1S/C13H18N2S/c1-10(2)4-3-7-14-13-11-6-9-16-12(11)5-8-15-13/h5-6,8-10H,3-4,7H2,1-2H3,(H,14,15). The van der Waals surface area contributed by atoms with Gasteiger partial charge in [0, 0.05) is 22.8 Å². The highest BCUT2D eigenvalue weighted by Crippen LogP contribution is 2.25. The lowest BCUT2D eigenvalue weighted by atomic mass is 10.1. The maximum atomic E-state index is 4.39. The smallest absolute Gasteiger partial charge is 0.134 e. The number of rotatable bonds is 5. The first-order chi connectivity index (χ1) is 7.77. The van der Waals surface area contributed by atoms with E-state index in [1.54, 1.807) is 11.3 Å². The van der Waals surface area contributed by atoms with E-state index in [-0.39, 0.29) is 0 Å². The fourth-order valence-electron chi connectivity index (χ4n) is 1.75. The van der Waals surface area contributed by atoms with Gasteiger partial charge in [0.2, 0.25) is 0 Å². The van der Waals surface area contributed by atoms with Gasteiger partial charge in [0.15, 0.2) is 0 Å². The highest BCUT2D eigenvalue weighted by Gasteiger charge is 2.02. The van der Waals surface area contributed by atoms with Gasteiger partial charge in [-0.05, 0) is 36.3 Å². The van der Waals surface area contributed by atoms with E-state index in [1.807, 2.05) is 6.20 Å². The number of nitrogens with zero attached hydrogens (tertiary/aromatic N) is 1. The van der Waals surface area contributed by atoms with Crippen LogP contribution in [0.2, 0.25) is 0 Å². The SMILES string of the molecule is CC(C)CCCNc1nccc2sccc12. The van der Waals surface area contributed by atoms with Crippen LogP contribution in [0.4, 0.5) is 5.82 Å². The van der Waals surface area contributed by atoms with Crippen molar-refractivity contribution in [1.29, 1.82) is 0 Å². The molecule has 2 nitrogen and oxygen atoms in total. The van der Waals surface area contributed by atoms with Crippen LogP contribution in [0.25, 0.3) is 10.1 Å². The molecule has 0 saturated carbocycles. The van der Waals surface area contributed by atoms with Crippen molar-refractivity contribution in [1.82, 2.24) is 4.98 Å². The Bertz CT molecular complexity index is 448. The minimum absolute atomic E-state index is 0.784. The summed E-state index contributed by atoms with van der Waals surface area (Å²) in [4.78, 5) is 4.39. The average molecular weight is 234 g/mol. The number of fused-ring (bicyclic) bond motifs is 1. The van der Waals surface area contributed by atoms with Crippen LogP contribution in [0.1, 0.15) is 26.7 Å². The van der Waals surface area contributed by atoms with Gasteiger partial charge in [-0.15, -0.1) is 11.3 Å². The van der Waals surface area contributed by atoms with Crippen molar-refractivity contribution in [2.45, 2.75) is 26.7 Å². The highest BCUT2D eigenvalue weighted by molar-refractivity contribution is 7.17. The van der Waals surface area contributed by atoms with Crippen LogP contribution in [0, 0.1) is 5.92 Å². The van der Waals surface area contributed by atoms with Crippen molar-refractivity contribution in [2.75, 3.05) is 11.9 Å². The van der Waals surface area contributed by atoms with Crippen molar-refractivity contribution in [2.24, 2.45) is 5.92 Å². The van der Waals surface area contributed by atoms with Gasteiger partial charge < -0.3 is 5.32 Å². The zero-order chi connectivity index (χ0) is 11.4. The summed E-state index contributed by atoms with van der Waals surface area (Å²) in [6.45, 7) is 5.54. The first-order valence-electron chi connectivity index (χ1n) is 5.83. The molecule has 2 aromatic rings. The Hall–Kier alpha value is -1.09. The van der Waals surface area contributed by atoms with Crippen LogP contribution in [0.3, 0.4) is 0 Å². The summed E-state index contributed by atoms with van der Waals surface area (Å²) in [5.41, 5.74) is 0. The first-order valence-corrected chi connectivity index (χ1v) is 6.71. The summed E-state index contributed by atoms with van der Waals surface area (Å²) in [7, 11) is 0. The van der Waals surface area contributed by atoms with E-state index in [9.17, 15) is 0 Å². The van der Waals surface area contributed by atoms with Crippen molar-refractivity contribution >= 4 is 27.2 Å². The molecule has 0 amide bonds. The summed E-state index contributed by atoms with van der Waals surface area (Å²) in [5, 5.41) is 6.79. The molecule has 2 aromatic heterocycles.